The molecule has 1 rings (SSSR count). The van der Waals surface area contributed by atoms with Crippen LogP contribution in [-0.2, 0) is 15.3 Å². The summed E-state index contributed by atoms with van der Waals surface area (Å²) in [5.41, 5.74) is 1.09. The Morgan fingerprint density at radius 3 is 2.50 bits per heavy atom. The summed E-state index contributed by atoms with van der Waals surface area (Å²) in [6.45, 7) is 2.17. The van der Waals surface area contributed by atoms with E-state index < -0.39 is 5.97 Å². The minimum atomic E-state index is -0.977. The molecule has 0 aliphatic rings. The van der Waals surface area contributed by atoms with Crippen LogP contribution in [0.2, 0.25) is 5.02 Å². The minimum absolute atomic E-state index is 0.131. The molecule has 0 saturated carbocycles. The zero-order chi connectivity index (χ0) is 15.0. The fourth-order valence-electron chi connectivity index (χ4n) is 1.65. The van der Waals surface area contributed by atoms with E-state index in [1.54, 1.807) is 0 Å². The van der Waals surface area contributed by atoms with Gasteiger partial charge in [0.25, 0.3) is 0 Å². The summed E-state index contributed by atoms with van der Waals surface area (Å²) >= 11 is 7.27. The summed E-state index contributed by atoms with van der Waals surface area (Å²) in [5.74, 6) is -0.117. The summed E-state index contributed by atoms with van der Waals surface area (Å²) in [6, 6.07) is 7.46. The van der Waals surface area contributed by atoms with Crippen LogP contribution in [0.4, 0.5) is 0 Å². The molecule has 0 spiro atoms. The monoisotopic (exact) mass is 315 g/mol. The molecule has 6 heteroatoms. The molecule has 1 aromatic rings. The highest BCUT2D eigenvalue weighted by atomic mass is 35.5. The molecule has 0 aliphatic heterocycles. The molecule has 110 valence electrons. The van der Waals surface area contributed by atoms with Crippen molar-refractivity contribution in [2.45, 2.75) is 19.1 Å². The van der Waals surface area contributed by atoms with Crippen LogP contribution in [0, 0.1) is 0 Å². The fraction of sp³-hybridized carbons (Fsp3) is 0.429. The number of carboxylic acids is 1. The van der Waals surface area contributed by atoms with Gasteiger partial charge < -0.3 is 10.0 Å². The van der Waals surface area contributed by atoms with Gasteiger partial charge in [0, 0.05) is 17.3 Å². The summed E-state index contributed by atoms with van der Waals surface area (Å²) in [4.78, 5) is 24.0. The van der Waals surface area contributed by atoms with Gasteiger partial charge in [-0.15, -0.1) is 11.8 Å². The first-order valence-electron chi connectivity index (χ1n) is 6.34. The van der Waals surface area contributed by atoms with Gasteiger partial charge in [0.1, 0.15) is 6.54 Å². The quantitative estimate of drug-likeness (QED) is 0.801. The van der Waals surface area contributed by atoms with Crippen molar-refractivity contribution >= 4 is 35.2 Å². The topological polar surface area (TPSA) is 57.6 Å². The van der Waals surface area contributed by atoms with Crippen LogP contribution in [0.3, 0.4) is 0 Å². The first-order chi connectivity index (χ1) is 9.52. The number of hydrogen-bond donors (Lipinski definition) is 1. The smallest absolute Gasteiger partial charge is 0.323 e. The van der Waals surface area contributed by atoms with Gasteiger partial charge in [-0.2, -0.15) is 0 Å². The van der Waals surface area contributed by atoms with Crippen LogP contribution < -0.4 is 0 Å². The summed E-state index contributed by atoms with van der Waals surface area (Å²) < 4.78 is 0. The second kappa shape index (κ2) is 8.87. The average Bonchev–Trinajstić information content (AvgIpc) is 2.40. The zero-order valence-electron chi connectivity index (χ0n) is 11.3. The highest BCUT2D eigenvalue weighted by molar-refractivity contribution is 7.99. The van der Waals surface area contributed by atoms with Gasteiger partial charge >= 0.3 is 5.97 Å². The Kier molecular flexibility index (Phi) is 7.47. The summed E-state index contributed by atoms with van der Waals surface area (Å²) in [7, 11) is 0. The van der Waals surface area contributed by atoms with Crippen LogP contribution in [0.25, 0.3) is 0 Å². The van der Waals surface area contributed by atoms with E-state index in [0.29, 0.717) is 17.3 Å². The van der Waals surface area contributed by atoms with Crippen LogP contribution in [0.15, 0.2) is 24.3 Å². The first kappa shape index (κ1) is 16.9. The molecule has 0 bridgehead atoms. The van der Waals surface area contributed by atoms with E-state index in [1.165, 1.54) is 16.7 Å². The largest absolute Gasteiger partial charge is 0.480 e. The Morgan fingerprint density at radius 2 is 1.95 bits per heavy atom. The molecule has 1 aromatic carbocycles. The number of thioether (sulfide) groups is 1. The van der Waals surface area contributed by atoms with Crippen LogP contribution in [-0.4, -0.2) is 40.7 Å². The Labute approximate surface area is 128 Å². The van der Waals surface area contributed by atoms with E-state index in [-0.39, 0.29) is 18.2 Å². The molecule has 1 amide bonds. The second-order valence-corrected chi connectivity index (χ2v) is 5.75. The SMILES string of the molecule is CCCN(CC(=O)O)C(=O)CSCc1ccc(Cl)cc1. The summed E-state index contributed by atoms with van der Waals surface area (Å²) in [6.07, 6.45) is 0.751. The van der Waals surface area contributed by atoms with Crippen LogP contribution in [0.5, 0.6) is 0 Å². The van der Waals surface area contributed by atoms with Gasteiger partial charge in [-0.3, -0.25) is 9.59 Å². The highest BCUT2D eigenvalue weighted by Crippen LogP contribution is 2.16. The fourth-order valence-corrected chi connectivity index (χ4v) is 2.67. The van der Waals surface area contributed by atoms with Gasteiger partial charge in [-0.1, -0.05) is 30.7 Å². The number of amides is 1. The molecule has 4 nitrogen and oxygen atoms in total. The molecule has 0 heterocycles. The van der Waals surface area contributed by atoms with E-state index in [2.05, 4.69) is 0 Å². The maximum absolute atomic E-state index is 11.9. The normalized spacial score (nSPS) is 10.3. The van der Waals surface area contributed by atoms with Crippen molar-refractivity contribution in [3.05, 3.63) is 34.9 Å². The molecular weight excluding hydrogens is 298 g/mol. The van der Waals surface area contributed by atoms with Crippen molar-refractivity contribution in [3.63, 3.8) is 0 Å². The number of aliphatic carboxylic acids is 1. The van der Waals surface area contributed by atoms with E-state index in [4.69, 9.17) is 16.7 Å². The first-order valence-corrected chi connectivity index (χ1v) is 7.88. The van der Waals surface area contributed by atoms with E-state index in [1.807, 2.05) is 31.2 Å². The number of hydrogen-bond acceptors (Lipinski definition) is 3. The van der Waals surface area contributed by atoms with Crippen LogP contribution in [0.1, 0.15) is 18.9 Å². The highest BCUT2D eigenvalue weighted by Gasteiger charge is 2.15. The van der Waals surface area contributed by atoms with Crippen molar-refractivity contribution in [2.24, 2.45) is 0 Å². The molecule has 0 unspecified atom stereocenters. The van der Waals surface area contributed by atoms with E-state index >= 15 is 0 Å². The average molecular weight is 316 g/mol. The standard InChI is InChI=1S/C14H18ClNO3S/c1-2-7-16(8-14(18)19)13(17)10-20-9-11-3-5-12(15)6-4-11/h3-6H,2,7-10H2,1H3,(H,18,19). The number of nitrogens with zero attached hydrogens (tertiary/aromatic N) is 1. The van der Waals surface area contributed by atoms with Gasteiger partial charge in [0.15, 0.2) is 0 Å². The number of benzene rings is 1. The molecule has 0 atom stereocenters. The molecule has 0 saturated heterocycles. The van der Waals surface area contributed by atoms with Crippen molar-refractivity contribution in [3.8, 4) is 0 Å². The lowest BCUT2D eigenvalue weighted by molar-refractivity contribution is -0.143. The van der Waals surface area contributed by atoms with Crippen LogP contribution >= 0.6 is 23.4 Å². The number of carboxylic acid groups (broad SMARTS) is 1. The number of rotatable bonds is 8. The Hall–Kier alpha value is -1.20. The van der Waals surface area contributed by atoms with Gasteiger partial charge in [0.2, 0.25) is 5.91 Å². The van der Waals surface area contributed by atoms with Crippen molar-refractivity contribution in [2.75, 3.05) is 18.8 Å². The molecular formula is C14H18ClNO3S. The lowest BCUT2D eigenvalue weighted by Gasteiger charge is -2.19. The molecule has 0 aliphatic carbocycles. The predicted molar refractivity (Wildman–Crippen MR) is 82.1 cm³/mol. The molecule has 1 N–H and O–H groups in total. The van der Waals surface area contributed by atoms with Crippen molar-refractivity contribution < 1.29 is 14.7 Å². The lowest BCUT2D eigenvalue weighted by Crippen LogP contribution is -2.37. The van der Waals surface area contributed by atoms with Crippen molar-refractivity contribution in [1.82, 2.24) is 4.90 Å². The third-order valence-electron chi connectivity index (χ3n) is 2.58. The van der Waals surface area contributed by atoms with E-state index in [0.717, 1.165) is 12.0 Å². The third kappa shape index (κ3) is 6.30. The van der Waals surface area contributed by atoms with Gasteiger partial charge in [-0.05, 0) is 24.1 Å². The molecule has 0 aromatic heterocycles. The molecule has 0 radical (unpaired) electrons. The number of carbonyl (C=O) groups excluding carboxylic acids is 1. The summed E-state index contributed by atoms with van der Waals surface area (Å²) in [5, 5.41) is 9.46. The Morgan fingerprint density at radius 1 is 1.30 bits per heavy atom. The number of halogens is 1. The second-order valence-electron chi connectivity index (χ2n) is 4.33. The number of carbonyl (C=O) groups is 2. The zero-order valence-corrected chi connectivity index (χ0v) is 12.9. The predicted octanol–water partition coefficient (Wildman–Crippen LogP) is 2.90. The Bertz CT molecular complexity index is 450. The van der Waals surface area contributed by atoms with Crippen molar-refractivity contribution in [1.29, 1.82) is 0 Å². The third-order valence-corrected chi connectivity index (χ3v) is 3.82. The van der Waals surface area contributed by atoms with Gasteiger partial charge in [0.05, 0.1) is 5.75 Å². The van der Waals surface area contributed by atoms with E-state index in [9.17, 15) is 9.59 Å². The van der Waals surface area contributed by atoms with Gasteiger partial charge in [-0.25, -0.2) is 0 Å². The maximum atomic E-state index is 11.9. The minimum Gasteiger partial charge on any atom is -0.480 e. The molecule has 20 heavy (non-hydrogen) atoms. The lowest BCUT2D eigenvalue weighted by atomic mass is 10.2. The Balaban J connectivity index is 2.40. The maximum Gasteiger partial charge on any atom is 0.323 e. The molecule has 0 fully saturated rings.